The van der Waals surface area contributed by atoms with Crippen LogP contribution in [0.4, 0.5) is 0 Å². The second-order valence-corrected chi connectivity index (χ2v) is 2.82. The first-order valence-electron chi connectivity index (χ1n) is 4.15. The molecule has 0 aliphatic carbocycles. The van der Waals surface area contributed by atoms with Crippen molar-refractivity contribution in [2.24, 2.45) is 5.92 Å². The molecule has 1 rings (SSSR count). The van der Waals surface area contributed by atoms with E-state index in [0.29, 0.717) is 0 Å². The number of rotatable bonds is 3. The van der Waals surface area contributed by atoms with Crippen molar-refractivity contribution in [3.05, 3.63) is 12.2 Å². The molecule has 1 saturated heterocycles. The summed E-state index contributed by atoms with van der Waals surface area (Å²) in [4.78, 5) is 21.5. The Morgan fingerprint density at radius 2 is 2.33 bits per heavy atom. The predicted octanol–water partition coefficient (Wildman–Crippen LogP) is 1.43. The maximum atomic E-state index is 10.9. The van der Waals surface area contributed by atoms with Gasteiger partial charge in [0, 0.05) is 0 Å². The van der Waals surface area contributed by atoms with Gasteiger partial charge in [0.25, 0.3) is 0 Å². The Morgan fingerprint density at radius 1 is 1.58 bits per heavy atom. The summed E-state index contributed by atoms with van der Waals surface area (Å²) in [6.45, 7) is 2.06. The zero-order valence-corrected chi connectivity index (χ0v) is 7.08. The molecule has 0 radical (unpaired) electrons. The fourth-order valence-corrected chi connectivity index (χ4v) is 1.07. The van der Waals surface area contributed by atoms with Crippen molar-refractivity contribution < 1.29 is 14.3 Å². The van der Waals surface area contributed by atoms with E-state index < -0.39 is 11.9 Å². The highest BCUT2D eigenvalue weighted by atomic mass is 16.6. The first-order chi connectivity index (χ1) is 5.74. The number of carbonyl (C=O) groups excluding carboxylic acids is 2. The molecule has 0 aromatic rings. The van der Waals surface area contributed by atoms with Gasteiger partial charge in [0.1, 0.15) is 0 Å². The molecule has 0 N–H and O–H groups in total. The monoisotopic (exact) mass is 168 g/mol. The molecule has 0 saturated carbocycles. The van der Waals surface area contributed by atoms with Crippen LogP contribution in [0.25, 0.3) is 0 Å². The molecule has 66 valence electrons. The minimum absolute atomic E-state index is 0.207. The van der Waals surface area contributed by atoms with Gasteiger partial charge in [-0.05, 0) is 6.42 Å². The van der Waals surface area contributed by atoms with Crippen LogP contribution < -0.4 is 0 Å². The van der Waals surface area contributed by atoms with E-state index in [1.54, 1.807) is 6.08 Å². The Morgan fingerprint density at radius 3 is 2.83 bits per heavy atom. The van der Waals surface area contributed by atoms with E-state index in [1.807, 2.05) is 6.08 Å². The number of hydrogen-bond acceptors (Lipinski definition) is 3. The van der Waals surface area contributed by atoms with Gasteiger partial charge in [-0.2, -0.15) is 0 Å². The largest absolute Gasteiger partial charge is 0.393 e. The number of allylic oxidation sites excluding steroid dienone is 1. The molecule has 3 nitrogen and oxygen atoms in total. The maximum absolute atomic E-state index is 10.9. The first kappa shape index (κ1) is 8.97. The third-order valence-electron chi connectivity index (χ3n) is 1.73. The van der Waals surface area contributed by atoms with Gasteiger partial charge >= 0.3 is 11.9 Å². The van der Waals surface area contributed by atoms with E-state index in [9.17, 15) is 9.59 Å². The Labute approximate surface area is 71.4 Å². The summed E-state index contributed by atoms with van der Waals surface area (Å²) in [5, 5.41) is 0. The molecule has 0 spiro atoms. The number of esters is 2. The Bertz CT molecular complexity index is 218. The molecule has 0 aromatic carbocycles. The number of cyclic esters (lactones) is 2. The average molecular weight is 168 g/mol. The number of unbranched alkanes of at least 4 members (excludes halogenated alkanes) is 1. The van der Waals surface area contributed by atoms with Crippen molar-refractivity contribution in [2.45, 2.75) is 26.2 Å². The van der Waals surface area contributed by atoms with Gasteiger partial charge in [0.15, 0.2) is 0 Å². The molecule has 3 heteroatoms. The van der Waals surface area contributed by atoms with Crippen LogP contribution in [0.1, 0.15) is 26.2 Å². The molecule has 1 aliphatic heterocycles. The van der Waals surface area contributed by atoms with Crippen LogP contribution >= 0.6 is 0 Å². The molecule has 0 aromatic heterocycles. The van der Waals surface area contributed by atoms with E-state index in [0.717, 1.165) is 12.8 Å². The smallest absolute Gasteiger partial charge is 0.321 e. The first-order valence-corrected chi connectivity index (χ1v) is 4.15. The van der Waals surface area contributed by atoms with Crippen molar-refractivity contribution in [2.75, 3.05) is 0 Å². The third-order valence-corrected chi connectivity index (χ3v) is 1.73. The lowest BCUT2D eigenvalue weighted by molar-refractivity contribution is -0.152. The normalized spacial score (nSPS) is 23.6. The summed E-state index contributed by atoms with van der Waals surface area (Å²) in [5.41, 5.74) is 0. The highest BCUT2D eigenvalue weighted by molar-refractivity contribution is 5.95. The summed E-state index contributed by atoms with van der Waals surface area (Å²) >= 11 is 0. The van der Waals surface area contributed by atoms with Gasteiger partial charge in [-0.15, -0.1) is 0 Å². The van der Waals surface area contributed by atoms with Crippen LogP contribution in [0.3, 0.4) is 0 Å². The lowest BCUT2D eigenvalue weighted by atomic mass is 10.1. The van der Waals surface area contributed by atoms with Crippen LogP contribution in [0.2, 0.25) is 0 Å². The Balaban J connectivity index is 2.42. The second kappa shape index (κ2) is 4.04. The molecule has 0 amide bonds. The SMILES string of the molecule is CCCC=CC1CC(=O)OC1=O. The molecule has 1 unspecified atom stereocenters. The minimum atomic E-state index is -0.411. The van der Waals surface area contributed by atoms with Gasteiger partial charge in [0.2, 0.25) is 0 Å². The summed E-state index contributed by atoms with van der Waals surface area (Å²) in [6.07, 6.45) is 5.88. The van der Waals surface area contributed by atoms with Crippen LogP contribution in [0.5, 0.6) is 0 Å². The average Bonchev–Trinajstić information content (AvgIpc) is 2.31. The molecule has 1 aliphatic rings. The van der Waals surface area contributed by atoms with Gasteiger partial charge in [0.05, 0.1) is 12.3 Å². The Hall–Kier alpha value is -1.12. The minimum Gasteiger partial charge on any atom is -0.393 e. The zero-order valence-electron chi connectivity index (χ0n) is 7.08. The summed E-state index contributed by atoms with van der Waals surface area (Å²) in [7, 11) is 0. The lowest BCUT2D eigenvalue weighted by Crippen LogP contribution is -2.03. The topological polar surface area (TPSA) is 43.4 Å². The van der Waals surface area contributed by atoms with E-state index in [4.69, 9.17) is 0 Å². The lowest BCUT2D eigenvalue weighted by Gasteiger charge is -1.93. The van der Waals surface area contributed by atoms with Crippen LogP contribution in [-0.2, 0) is 14.3 Å². The van der Waals surface area contributed by atoms with Gasteiger partial charge in [-0.1, -0.05) is 25.5 Å². The van der Waals surface area contributed by atoms with Crippen molar-refractivity contribution >= 4 is 11.9 Å². The standard InChI is InChI=1S/C9H12O3/c1-2-3-4-5-7-6-8(10)12-9(7)11/h4-5,7H,2-3,6H2,1H3. The summed E-state index contributed by atoms with van der Waals surface area (Å²) < 4.78 is 4.38. The molecule has 1 atom stereocenters. The molecule has 0 bridgehead atoms. The fourth-order valence-electron chi connectivity index (χ4n) is 1.07. The Kier molecular flexibility index (Phi) is 3.02. The zero-order chi connectivity index (χ0) is 8.97. The maximum Gasteiger partial charge on any atom is 0.321 e. The van der Waals surface area contributed by atoms with Crippen molar-refractivity contribution in [3.63, 3.8) is 0 Å². The quantitative estimate of drug-likeness (QED) is 0.364. The van der Waals surface area contributed by atoms with E-state index >= 15 is 0 Å². The molecule has 12 heavy (non-hydrogen) atoms. The predicted molar refractivity (Wildman–Crippen MR) is 43.3 cm³/mol. The van der Waals surface area contributed by atoms with E-state index in [1.165, 1.54) is 0 Å². The van der Waals surface area contributed by atoms with Gasteiger partial charge in [-0.3, -0.25) is 9.59 Å². The summed E-state index contributed by atoms with van der Waals surface area (Å²) in [6, 6.07) is 0. The van der Waals surface area contributed by atoms with Gasteiger partial charge < -0.3 is 4.74 Å². The van der Waals surface area contributed by atoms with Crippen LogP contribution in [-0.4, -0.2) is 11.9 Å². The number of hydrogen-bond donors (Lipinski definition) is 0. The highest BCUT2D eigenvalue weighted by Crippen LogP contribution is 2.17. The van der Waals surface area contributed by atoms with E-state index in [2.05, 4.69) is 11.7 Å². The van der Waals surface area contributed by atoms with Gasteiger partial charge in [-0.25, -0.2) is 0 Å². The van der Waals surface area contributed by atoms with Crippen LogP contribution in [0.15, 0.2) is 12.2 Å². The second-order valence-electron chi connectivity index (χ2n) is 2.82. The summed E-state index contributed by atoms with van der Waals surface area (Å²) in [5.74, 6) is -1.15. The van der Waals surface area contributed by atoms with Crippen molar-refractivity contribution in [1.29, 1.82) is 0 Å². The van der Waals surface area contributed by atoms with Crippen LogP contribution in [0, 0.1) is 5.92 Å². The molecular weight excluding hydrogens is 156 g/mol. The number of ether oxygens (including phenoxy) is 1. The molecular formula is C9H12O3. The molecule has 1 heterocycles. The highest BCUT2D eigenvalue weighted by Gasteiger charge is 2.30. The molecule has 1 fully saturated rings. The van der Waals surface area contributed by atoms with Crippen molar-refractivity contribution in [1.82, 2.24) is 0 Å². The van der Waals surface area contributed by atoms with Crippen molar-refractivity contribution in [3.8, 4) is 0 Å². The number of carbonyl (C=O) groups is 2. The fraction of sp³-hybridized carbons (Fsp3) is 0.556. The third kappa shape index (κ3) is 2.19. The van der Waals surface area contributed by atoms with E-state index in [-0.39, 0.29) is 12.3 Å².